The standard InChI is InChI=1S/C51H79NO13/c1-30-16-12-11-13-17-31(2)42(61-8)28-38-21-19-36(7)51(60,65-38)48(57)49(58)52-23-15-14-18-39(52)50(59)64-43(33(4)26-37-20-22-40(53)44(27-37)62-9)29-41(54)32(3)25-35(6)47(63-10)46(56)45(55)34(5)24-30/h11-13,16-17,25,30,32-34,36-40,42-44,46-47,53,56,60H,14-15,18-24,26-29H2,1-10H3/b13-11?,16-12+,31-17?,35-25+/t30-,32-,33-,34-,36-,37+,38+,39+,40-,42+,43+,44-,46+,47-,51-/m1/s1. The third-order valence-corrected chi connectivity index (χ3v) is 14.5. The third-order valence-electron chi connectivity index (χ3n) is 14.5. The number of rotatable bonds is 6. The predicted octanol–water partition coefficient (Wildman–Crippen LogP) is 6.18. The number of methoxy groups -OCH3 is 3. The molecule has 366 valence electrons. The van der Waals surface area contributed by atoms with Crippen molar-refractivity contribution in [2.24, 2.45) is 35.5 Å². The Balaban J connectivity index is 1.70. The number of nitrogens with zero attached hydrogens (tertiary/aromatic N) is 1. The first-order valence-electron chi connectivity index (χ1n) is 23.9. The van der Waals surface area contributed by atoms with E-state index in [0.717, 1.165) is 12.0 Å². The summed E-state index contributed by atoms with van der Waals surface area (Å²) in [7, 11) is 4.55. The van der Waals surface area contributed by atoms with Crippen LogP contribution in [0.5, 0.6) is 0 Å². The zero-order chi connectivity index (χ0) is 48.2. The summed E-state index contributed by atoms with van der Waals surface area (Å²) in [6.45, 7) is 12.8. The van der Waals surface area contributed by atoms with Gasteiger partial charge in [0, 0.05) is 58.5 Å². The van der Waals surface area contributed by atoms with Crippen molar-refractivity contribution >= 4 is 29.2 Å². The van der Waals surface area contributed by atoms with E-state index in [1.54, 1.807) is 48.0 Å². The highest BCUT2D eigenvalue weighted by Crippen LogP contribution is 2.38. The summed E-state index contributed by atoms with van der Waals surface area (Å²) in [6, 6.07) is -1.14. The lowest BCUT2D eigenvalue weighted by molar-refractivity contribution is -0.265. The molecule has 0 aromatic rings. The number of hydrogen-bond acceptors (Lipinski definition) is 13. The fraction of sp³-hybridized carbons (Fsp3) is 0.745. The van der Waals surface area contributed by atoms with Crippen molar-refractivity contribution in [3.63, 3.8) is 0 Å². The first-order chi connectivity index (χ1) is 30.7. The molecule has 14 nitrogen and oxygen atoms in total. The Kier molecular flexibility index (Phi) is 21.0. The number of allylic oxidation sites excluding steroid dienone is 6. The van der Waals surface area contributed by atoms with Crippen molar-refractivity contribution < 1.29 is 63.0 Å². The van der Waals surface area contributed by atoms with Crippen molar-refractivity contribution in [3.05, 3.63) is 47.6 Å². The summed E-state index contributed by atoms with van der Waals surface area (Å²) in [5.74, 6) is -8.08. The van der Waals surface area contributed by atoms with Crippen molar-refractivity contribution in [3.8, 4) is 0 Å². The number of ketones is 3. The summed E-state index contributed by atoms with van der Waals surface area (Å²) < 4.78 is 29.5. The fourth-order valence-corrected chi connectivity index (χ4v) is 10.2. The Hall–Kier alpha value is -3.37. The zero-order valence-electron chi connectivity index (χ0n) is 40.6. The zero-order valence-corrected chi connectivity index (χ0v) is 40.6. The molecule has 15 atom stereocenters. The minimum Gasteiger partial charge on any atom is -0.460 e. The number of esters is 1. The van der Waals surface area contributed by atoms with E-state index in [4.69, 9.17) is 23.7 Å². The molecule has 4 rings (SSSR count). The molecule has 3 heterocycles. The second kappa shape index (κ2) is 25.1. The Morgan fingerprint density at radius 2 is 1.57 bits per heavy atom. The molecular weight excluding hydrogens is 835 g/mol. The van der Waals surface area contributed by atoms with Crippen LogP contribution >= 0.6 is 0 Å². The first kappa shape index (κ1) is 54.2. The molecule has 65 heavy (non-hydrogen) atoms. The molecule has 1 saturated carbocycles. The smallest absolute Gasteiger partial charge is 0.329 e. The number of carbonyl (C=O) groups excluding carboxylic acids is 5. The van der Waals surface area contributed by atoms with Crippen molar-refractivity contribution in [1.82, 2.24) is 4.90 Å². The van der Waals surface area contributed by atoms with Crippen LogP contribution in [0.15, 0.2) is 47.6 Å². The Bertz CT molecular complexity index is 1760. The number of aliphatic hydroxyl groups is 3. The average Bonchev–Trinajstić information content (AvgIpc) is 3.28. The van der Waals surface area contributed by atoms with Crippen LogP contribution in [0.2, 0.25) is 0 Å². The van der Waals surface area contributed by atoms with Gasteiger partial charge in [-0.15, -0.1) is 0 Å². The minimum atomic E-state index is -2.43. The molecule has 14 heteroatoms. The van der Waals surface area contributed by atoms with E-state index >= 15 is 0 Å². The maximum atomic E-state index is 14.4. The van der Waals surface area contributed by atoms with E-state index < -0.39 is 83.9 Å². The number of carbonyl (C=O) groups is 5. The van der Waals surface area contributed by atoms with Crippen LogP contribution < -0.4 is 0 Å². The number of fused-ring (bicyclic) bond motifs is 3. The normalized spacial score (nSPS) is 39.1. The van der Waals surface area contributed by atoms with Crippen molar-refractivity contribution in [1.29, 1.82) is 0 Å². The number of amides is 1. The van der Waals surface area contributed by atoms with Crippen LogP contribution in [-0.2, 0) is 47.7 Å². The largest absolute Gasteiger partial charge is 0.460 e. The van der Waals surface area contributed by atoms with Gasteiger partial charge in [-0.1, -0.05) is 71.1 Å². The molecule has 0 spiro atoms. The Morgan fingerprint density at radius 3 is 2.25 bits per heavy atom. The number of ether oxygens (including phenoxy) is 5. The summed E-state index contributed by atoms with van der Waals surface area (Å²) in [5.41, 5.74) is 1.38. The van der Waals surface area contributed by atoms with Crippen molar-refractivity contribution in [2.75, 3.05) is 27.9 Å². The van der Waals surface area contributed by atoms with E-state index in [1.807, 2.05) is 51.2 Å². The van der Waals surface area contributed by atoms with Gasteiger partial charge < -0.3 is 43.9 Å². The molecule has 2 saturated heterocycles. The second-order valence-electron chi connectivity index (χ2n) is 19.6. The lowest BCUT2D eigenvalue weighted by Crippen LogP contribution is -2.61. The fourth-order valence-electron chi connectivity index (χ4n) is 10.2. The molecule has 3 fully saturated rings. The molecule has 4 aliphatic rings. The average molecular weight is 914 g/mol. The molecule has 0 aromatic carbocycles. The molecule has 1 aliphatic carbocycles. The lowest BCUT2D eigenvalue weighted by atomic mass is 9.78. The molecule has 0 aromatic heterocycles. The molecule has 0 radical (unpaired) electrons. The number of hydrogen-bond donors (Lipinski definition) is 3. The van der Waals surface area contributed by atoms with Gasteiger partial charge in [0.15, 0.2) is 5.78 Å². The van der Waals surface area contributed by atoms with Gasteiger partial charge in [0.25, 0.3) is 11.7 Å². The van der Waals surface area contributed by atoms with Crippen LogP contribution in [0.25, 0.3) is 0 Å². The Labute approximate surface area is 387 Å². The molecule has 3 aliphatic heterocycles. The number of Topliss-reactive ketones (excluding diaryl/α,β-unsaturated/α-hetero) is 3. The van der Waals surface area contributed by atoms with Crippen LogP contribution in [0.3, 0.4) is 0 Å². The summed E-state index contributed by atoms with van der Waals surface area (Å²) >= 11 is 0. The van der Waals surface area contributed by atoms with E-state index in [9.17, 15) is 39.3 Å². The van der Waals surface area contributed by atoms with Gasteiger partial charge in [0.05, 0.1) is 24.4 Å². The number of cyclic esters (lactones) is 1. The molecule has 1 amide bonds. The highest BCUT2D eigenvalue weighted by molar-refractivity contribution is 6.39. The second-order valence-corrected chi connectivity index (χ2v) is 19.6. The number of aliphatic hydroxyl groups excluding tert-OH is 2. The molecule has 0 unspecified atom stereocenters. The van der Waals surface area contributed by atoms with E-state index in [2.05, 4.69) is 0 Å². The maximum Gasteiger partial charge on any atom is 0.329 e. The van der Waals surface area contributed by atoms with E-state index in [-0.39, 0.29) is 54.8 Å². The minimum absolute atomic E-state index is 0.00408. The lowest BCUT2D eigenvalue weighted by Gasteiger charge is -2.42. The van der Waals surface area contributed by atoms with Crippen LogP contribution in [0, 0.1) is 35.5 Å². The summed E-state index contributed by atoms with van der Waals surface area (Å²) in [4.78, 5) is 71.7. The van der Waals surface area contributed by atoms with Gasteiger partial charge in [0.1, 0.15) is 30.1 Å². The van der Waals surface area contributed by atoms with E-state index in [1.165, 1.54) is 12.0 Å². The summed E-state index contributed by atoms with van der Waals surface area (Å²) in [5, 5.41) is 33.7. The summed E-state index contributed by atoms with van der Waals surface area (Å²) in [6.07, 6.45) is 11.2. The van der Waals surface area contributed by atoms with Gasteiger partial charge >= 0.3 is 5.97 Å². The highest BCUT2D eigenvalue weighted by atomic mass is 16.6. The van der Waals surface area contributed by atoms with Crippen LogP contribution in [0.4, 0.5) is 0 Å². The van der Waals surface area contributed by atoms with Gasteiger partial charge in [-0.25, -0.2) is 4.79 Å². The monoisotopic (exact) mass is 914 g/mol. The predicted molar refractivity (Wildman–Crippen MR) is 245 cm³/mol. The maximum absolute atomic E-state index is 14.4. The highest BCUT2D eigenvalue weighted by Gasteiger charge is 2.53. The molecule has 2 bridgehead atoms. The first-order valence-corrected chi connectivity index (χ1v) is 23.9. The topological polar surface area (TPSA) is 195 Å². The van der Waals surface area contributed by atoms with Crippen molar-refractivity contribution in [2.45, 2.75) is 180 Å². The van der Waals surface area contributed by atoms with Crippen LogP contribution in [0.1, 0.15) is 126 Å². The van der Waals surface area contributed by atoms with Gasteiger partial charge in [-0.3, -0.25) is 19.2 Å². The SMILES string of the molecule is CO[C@H]1C[C@@H]2CC[C@@H](C)[C@@](O)(O2)C(=O)C(=O)N2CCCC[C@H]2C(=O)O[C@H]([C@H](C)C[C@@H]2CC[C@@H](O)[C@H](OC)C2)CC(=O)[C@H](C)/C=C(\C)[C@@H](OC)[C@@H](O)C(=O)[C@H](C)C[C@H](C)/C=C/C=CC=C1C. The van der Waals surface area contributed by atoms with E-state index in [0.29, 0.717) is 63.4 Å². The quantitative estimate of drug-likeness (QED) is 0.156. The molecular formula is C51H79NO13. The molecule has 3 N–H and O–H groups in total. The van der Waals surface area contributed by atoms with Gasteiger partial charge in [-0.2, -0.15) is 0 Å². The third kappa shape index (κ3) is 14.3. The number of piperidine rings is 1. The van der Waals surface area contributed by atoms with Crippen LogP contribution in [-0.4, -0.2) is 132 Å². The van der Waals surface area contributed by atoms with Gasteiger partial charge in [0.2, 0.25) is 5.79 Å². The Morgan fingerprint density at radius 1 is 0.846 bits per heavy atom. The van der Waals surface area contributed by atoms with Gasteiger partial charge in [-0.05, 0) is 107 Å².